The Kier molecular flexibility index (Phi) is 5.31. The number of pyridine rings is 2. The first-order chi connectivity index (χ1) is 19.7. The molecule has 2 heteroatoms. The number of rotatable bonds is 3. The van der Waals surface area contributed by atoms with Crippen LogP contribution in [0.15, 0.2) is 60.8 Å². The third kappa shape index (κ3) is 3.65. The van der Waals surface area contributed by atoms with E-state index in [1.807, 2.05) is 0 Å². The van der Waals surface area contributed by atoms with Crippen molar-refractivity contribution in [3.8, 4) is 0 Å². The predicted molar refractivity (Wildman–Crippen MR) is 176 cm³/mol. The molecule has 0 radical (unpaired) electrons. The molecule has 0 amide bonds. The maximum absolute atomic E-state index is 2.65. The predicted octanol–water partition coefficient (Wildman–Crippen LogP) is 9.91. The smallest absolute Gasteiger partial charge is 0.224 e. The molecule has 41 heavy (non-hydrogen) atoms. The van der Waals surface area contributed by atoms with E-state index in [2.05, 4.69) is 111 Å². The van der Waals surface area contributed by atoms with Crippen molar-refractivity contribution in [3.05, 3.63) is 83.0 Å². The van der Waals surface area contributed by atoms with E-state index in [4.69, 9.17) is 0 Å². The fraction of sp³-hybridized carbons (Fsp3) is 0.359. The molecule has 1 saturated carbocycles. The van der Waals surface area contributed by atoms with Crippen molar-refractivity contribution in [1.82, 2.24) is 4.40 Å². The quantitative estimate of drug-likeness (QED) is 0.120. The molecule has 2 nitrogen and oxygen atoms in total. The molecular weight excluding hydrogens is 496 g/mol. The van der Waals surface area contributed by atoms with Crippen LogP contribution < -0.4 is 4.57 Å². The Labute approximate surface area is 242 Å². The lowest BCUT2D eigenvalue weighted by Gasteiger charge is -2.20. The molecule has 0 atom stereocenters. The third-order valence-electron chi connectivity index (χ3n) is 10.1. The van der Waals surface area contributed by atoms with Gasteiger partial charge in [0.15, 0.2) is 6.20 Å². The molecule has 1 fully saturated rings. The van der Waals surface area contributed by atoms with Crippen LogP contribution >= 0.6 is 0 Å². The Morgan fingerprint density at radius 1 is 0.756 bits per heavy atom. The maximum Gasteiger partial charge on any atom is 0.224 e. The standard InChI is InChI=1S/C39H41N2/c1-23-32-20-27(22-39(3,4)5)12-14-29(32)24(2)36-34(23)38-35-28(17-18-40(38)6)13-16-31-30-15-11-26(19-25-9-7-8-10-25)21-33(30)41(36)37(31)35/h11-18,20-21,25H,7-10,19,22H2,1-6H3/q+1. The van der Waals surface area contributed by atoms with Crippen molar-refractivity contribution in [2.24, 2.45) is 18.4 Å². The van der Waals surface area contributed by atoms with Crippen molar-refractivity contribution in [3.63, 3.8) is 0 Å². The van der Waals surface area contributed by atoms with Crippen molar-refractivity contribution < 1.29 is 4.57 Å². The summed E-state index contributed by atoms with van der Waals surface area (Å²) in [6.45, 7) is 11.7. The lowest BCUT2D eigenvalue weighted by molar-refractivity contribution is -0.643. The normalized spacial score (nSPS) is 15.3. The Balaban J connectivity index is 1.56. The molecule has 8 rings (SSSR count). The molecular formula is C39H41N2+. The van der Waals surface area contributed by atoms with Gasteiger partial charge in [0.2, 0.25) is 5.52 Å². The lowest BCUT2D eigenvalue weighted by atomic mass is 9.86. The molecule has 0 unspecified atom stereocenters. The van der Waals surface area contributed by atoms with Crippen molar-refractivity contribution in [1.29, 1.82) is 0 Å². The monoisotopic (exact) mass is 537 g/mol. The summed E-state index contributed by atoms with van der Waals surface area (Å²) in [5.74, 6) is 0.840. The molecule has 0 spiro atoms. The second kappa shape index (κ2) is 8.68. The fourth-order valence-electron chi connectivity index (χ4n) is 8.35. The van der Waals surface area contributed by atoms with Crippen LogP contribution in [-0.4, -0.2) is 4.40 Å². The minimum Gasteiger partial charge on any atom is -0.307 e. The topological polar surface area (TPSA) is 8.29 Å². The van der Waals surface area contributed by atoms with Crippen LogP contribution in [0.25, 0.3) is 59.8 Å². The maximum atomic E-state index is 2.65. The third-order valence-corrected chi connectivity index (χ3v) is 10.1. The SMILES string of the molecule is Cc1c2cc(CC(C)(C)C)ccc2c(C)c2c1c1c3c(ccc4c5ccc(CC6CCCC6)cc5n2c43)cc[n+]1C. The first-order valence-corrected chi connectivity index (χ1v) is 15.6. The van der Waals surface area contributed by atoms with E-state index >= 15 is 0 Å². The molecule has 0 N–H and O–H groups in total. The van der Waals surface area contributed by atoms with Gasteiger partial charge in [-0.05, 0) is 82.5 Å². The summed E-state index contributed by atoms with van der Waals surface area (Å²) in [5, 5.41) is 9.64. The number of hydrogen-bond acceptors (Lipinski definition) is 0. The van der Waals surface area contributed by atoms with E-state index in [9.17, 15) is 0 Å². The van der Waals surface area contributed by atoms with Crippen LogP contribution in [0.4, 0.5) is 0 Å². The summed E-state index contributed by atoms with van der Waals surface area (Å²) in [5.41, 5.74) is 11.4. The summed E-state index contributed by atoms with van der Waals surface area (Å²) >= 11 is 0. The van der Waals surface area contributed by atoms with Gasteiger partial charge < -0.3 is 4.40 Å². The van der Waals surface area contributed by atoms with Gasteiger partial charge in [0, 0.05) is 16.8 Å². The van der Waals surface area contributed by atoms with Gasteiger partial charge in [-0.25, -0.2) is 4.57 Å². The molecule has 206 valence electrons. The van der Waals surface area contributed by atoms with E-state index in [0.717, 1.165) is 12.3 Å². The molecule has 3 aromatic heterocycles. The molecule has 4 aromatic carbocycles. The highest BCUT2D eigenvalue weighted by Gasteiger charge is 2.27. The summed E-state index contributed by atoms with van der Waals surface area (Å²) < 4.78 is 5.02. The minimum atomic E-state index is 0.258. The second-order valence-electron chi connectivity index (χ2n) is 14.3. The van der Waals surface area contributed by atoms with E-state index < -0.39 is 0 Å². The molecule has 0 aliphatic heterocycles. The summed E-state index contributed by atoms with van der Waals surface area (Å²) in [7, 11) is 2.23. The molecule has 7 aromatic rings. The van der Waals surface area contributed by atoms with E-state index in [0.29, 0.717) is 0 Å². The van der Waals surface area contributed by atoms with Gasteiger partial charge in [0.1, 0.15) is 7.05 Å². The van der Waals surface area contributed by atoms with Gasteiger partial charge in [0.05, 0.1) is 27.3 Å². The molecule has 0 bridgehead atoms. The van der Waals surface area contributed by atoms with Gasteiger partial charge in [-0.15, -0.1) is 0 Å². The summed E-state index contributed by atoms with van der Waals surface area (Å²) in [6, 6.07) is 21.6. The number of nitrogens with zero attached hydrogens (tertiary/aromatic N) is 2. The Hall–Kier alpha value is -3.65. The largest absolute Gasteiger partial charge is 0.307 e. The van der Waals surface area contributed by atoms with Gasteiger partial charge in [-0.2, -0.15) is 0 Å². The van der Waals surface area contributed by atoms with E-state index in [1.165, 1.54) is 114 Å². The van der Waals surface area contributed by atoms with E-state index in [1.54, 1.807) is 0 Å². The summed E-state index contributed by atoms with van der Waals surface area (Å²) in [6.07, 6.45) is 10.1. The average Bonchev–Trinajstić information content (AvgIpc) is 3.56. The number of hydrogen-bond donors (Lipinski definition) is 0. The first kappa shape index (κ1) is 25.1. The lowest BCUT2D eigenvalue weighted by Crippen LogP contribution is -2.29. The van der Waals surface area contributed by atoms with E-state index in [-0.39, 0.29) is 5.41 Å². The molecule has 0 saturated heterocycles. The number of aromatic nitrogens is 2. The summed E-state index contributed by atoms with van der Waals surface area (Å²) in [4.78, 5) is 0. The highest BCUT2D eigenvalue weighted by molar-refractivity contribution is 6.28. The van der Waals surface area contributed by atoms with Crippen molar-refractivity contribution >= 4 is 59.8 Å². The zero-order chi connectivity index (χ0) is 28.2. The van der Waals surface area contributed by atoms with Crippen LogP contribution in [0.1, 0.15) is 68.7 Å². The van der Waals surface area contributed by atoms with Crippen molar-refractivity contribution in [2.75, 3.05) is 0 Å². The number of benzene rings is 4. The van der Waals surface area contributed by atoms with Crippen LogP contribution in [0.5, 0.6) is 0 Å². The number of fused-ring (bicyclic) bond motifs is 7. The molecule has 3 heterocycles. The first-order valence-electron chi connectivity index (χ1n) is 15.6. The fourth-order valence-corrected chi connectivity index (χ4v) is 8.35. The Morgan fingerprint density at radius 3 is 2.27 bits per heavy atom. The van der Waals surface area contributed by atoms with Gasteiger partial charge >= 0.3 is 0 Å². The van der Waals surface area contributed by atoms with Crippen LogP contribution in [0.3, 0.4) is 0 Å². The van der Waals surface area contributed by atoms with Crippen LogP contribution in [-0.2, 0) is 19.9 Å². The highest BCUT2D eigenvalue weighted by atomic mass is 15.0. The molecule has 1 aliphatic carbocycles. The zero-order valence-corrected chi connectivity index (χ0v) is 25.5. The minimum absolute atomic E-state index is 0.258. The van der Waals surface area contributed by atoms with Gasteiger partial charge in [0.25, 0.3) is 0 Å². The average molecular weight is 538 g/mol. The van der Waals surface area contributed by atoms with Crippen LogP contribution in [0.2, 0.25) is 0 Å². The Bertz CT molecular complexity index is 2160. The molecule has 1 aliphatic rings. The zero-order valence-electron chi connectivity index (χ0n) is 25.5. The highest BCUT2D eigenvalue weighted by Crippen LogP contribution is 2.44. The Morgan fingerprint density at radius 2 is 1.49 bits per heavy atom. The van der Waals surface area contributed by atoms with Crippen molar-refractivity contribution in [2.45, 2.75) is 73.1 Å². The second-order valence-corrected chi connectivity index (χ2v) is 14.3. The van der Waals surface area contributed by atoms with Crippen LogP contribution in [0, 0.1) is 25.2 Å². The van der Waals surface area contributed by atoms with Gasteiger partial charge in [-0.1, -0.05) is 88.9 Å². The van der Waals surface area contributed by atoms with Gasteiger partial charge in [-0.3, -0.25) is 0 Å². The number of aryl methyl sites for hydroxylation is 3.